The van der Waals surface area contributed by atoms with Crippen molar-refractivity contribution in [3.8, 4) is 0 Å². The van der Waals surface area contributed by atoms with E-state index >= 15 is 0 Å². The highest BCUT2D eigenvalue weighted by atomic mass is 32.1. The molecular weight excluding hydrogens is 204 g/mol. The van der Waals surface area contributed by atoms with Gasteiger partial charge in [0.2, 0.25) is 5.95 Å². The van der Waals surface area contributed by atoms with Crippen LogP contribution < -0.4 is 5.32 Å². The van der Waals surface area contributed by atoms with Gasteiger partial charge in [-0.05, 0) is 6.42 Å². The van der Waals surface area contributed by atoms with Crippen molar-refractivity contribution in [1.29, 1.82) is 0 Å². The first kappa shape index (κ1) is 10.6. The van der Waals surface area contributed by atoms with E-state index in [0.29, 0.717) is 16.3 Å². The van der Waals surface area contributed by atoms with Gasteiger partial charge in [0.05, 0.1) is 0 Å². The minimum Gasteiger partial charge on any atom is -0.354 e. The fourth-order valence-electron chi connectivity index (χ4n) is 0.810. The SMILES string of the molecule is CCCCNc1nc(S)nc(S)n1. The molecule has 0 bridgehead atoms. The number of thiol groups is 2. The normalized spacial score (nSPS) is 10.1. The zero-order valence-electron chi connectivity index (χ0n) is 7.36. The molecule has 1 aromatic rings. The van der Waals surface area contributed by atoms with Crippen LogP contribution in [0.4, 0.5) is 5.95 Å². The standard InChI is InChI=1S/C7H12N4S2/c1-2-3-4-8-5-9-6(12)11-7(13)10-5/h2-4H2,1H3,(H3,8,9,10,11,12,13). The summed E-state index contributed by atoms with van der Waals surface area (Å²) in [5, 5.41) is 3.84. The smallest absolute Gasteiger partial charge is 0.227 e. The average molecular weight is 216 g/mol. The van der Waals surface area contributed by atoms with E-state index in [1.165, 1.54) is 0 Å². The van der Waals surface area contributed by atoms with Crippen LogP contribution >= 0.6 is 25.3 Å². The topological polar surface area (TPSA) is 50.7 Å². The molecule has 0 fully saturated rings. The van der Waals surface area contributed by atoms with Crippen molar-refractivity contribution >= 4 is 31.2 Å². The molecule has 0 spiro atoms. The molecule has 0 radical (unpaired) electrons. The van der Waals surface area contributed by atoms with Crippen LogP contribution in [0, 0.1) is 0 Å². The van der Waals surface area contributed by atoms with Crippen molar-refractivity contribution in [2.75, 3.05) is 11.9 Å². The molecule has 0 aromatic carbocycles. The van der Waals surface area contributed by atoms with Gasteiger partial charge in [-0.3, -0.25) is 0 Å². The van der Waals surface area contributed by atoms with Crippen LogP contribution in [0.2, 0.25) is 0 Å². The van der Waals surface area contributed by atoms with Gasteiger partial charge >= 0.3 is 0 Å². The number of hydrogen-bond acceptors (Lipinski definition) is 6. The summed E-state index contributed by atoms with van der Waals surface area (Å²) in [7, 11) is 0. The van der Waals surface area contributed by atoms with Gasteiger partial charge in [0.1, 0.15) is 0 Å². The van der Waals surface area contributed by atoms with Gasteiger partial charge in [-0.25, -0.2) is 0 Å². The molecule has 0 atom stereocenters. The zero-order chi connectivity index (χ0) is 9.68. The fraction of sp³-hybridized carbons (Fsp3) is 0.571. The summed E-state index contributed by atoms with van der Waals surface area (Å²) in [5.74, 6) is 0.540. The van der Waals surface area contributed by atoms with Crippen molar-refractivity contribution in [3.63, 3.8) is 0 Å². The lowest BCUT2D eigenvalue weighted by molar-refractivity contribution is 0.782. The third-order valence-corrected chi connectivity index (χ3v) is 1.83. The number of rotatable bonds is 4. The molecular formula is C7H12N4S2. The molecule has 13 heavy (non-hydrogen) atoms. The quantitative estimate of drug-likeness (QED) is 0.529. The minimum absolute atomic E-state index is 0.388. The largest absolute Gasteiger partial charge is 0.354 e. The van der Waals surface area contributed by atoms with Gasteiger partial charge in [-0.1, -0.05) is 13.3 Å². The lowest BCUT2D eigenvalue weighted by Gasteiger charge is -2.03. The highest BCUT2D eigenvalue weighted by Crippen LogP contribution is 2.06. The second kappa shape index (κ2) is 5.29. The van der Waals surface area contributed by atoms with Crippen LogP contribution in [0.3, 0.4) is 0 Å². The summed E-state index contributed by atoms with van der Waals surface area (Å²) in [6.07, 6.45) is 2.23. The maximum atomic E-state index is 4.02. The van der Waals surface area contributed by atoms with Crippen LogP contribution in [0.15, 0.2) is 10.3 Å². The van der Waals surface area contributed by atoms with Crippen LogP contribution in [0.1, 0.15) is 19.8 Å². The highest BCUT2D eigenvalue weighted by molar-refractivity contribution is 7.80. The summed E-state index contributed by atoms with van der Waals surface area (Å²) in [6.45, 7) is 2.99. The fourth-order valence-corrected chi connectivity index (χ4v) is 1.27. The monoisotopic (exact) mass is 216 g/mol. The zero-order valence-corrected chi connectivity index (χ0v) is 9.15. The van der Waals surface area contributed by atoms with Gasteiger partial charge in [0.25, 0.3) is 0 Å². The molecule has 0 saturated heterocycles. The molecule has 6 heteroatoms. The summed E-state index contributed by atoms with van der Waals surface area (Å²) >= 11 is 8.04. The number of hydrogen-bond donors (Lipinski definition) is 3. The highest BCUT2D eigenvalue weighted by Gasteiger charge is 1.99. The summed E-state index contributed by atoms with van der Waals surface area (Å²) < 4.78 is 0. The third-order valence-electron chi connectivity index (χ3n) is 1.43. The van der Waals surface area contributed by atoms with E-state index < -0.39 is 0 Å². The van der Waals surface area contributed by atoms with Crippen molar-refractivity contribution in [1.82, 2.24) is 15.0 Å². The Kier molecular flexibility index (Phi) is 4.31. The summed E-state index contributed by atoms with van der Waals surface area (Å²) in [4.78, 5) is 11.8. The Morgan fingerprint density at radius 1 is 1.15 bits per heavy atom. The predicted octanol–water partition coefficient (Wildman–Crippen LogP) is 1.66. The molecule has 4 nitrogen and oxygen atoms in total. The molecule has 0 aliphatic heterocycles. The first-order chi connectivity index (χ1) is 6.22. The van der Waals surface area contributed by atoms with Gasteiger partial charge in [0, 0.05) is 6.54 Å². The second-order valence-electron chi connectivity index (χ2n) is 2.54. The second-order valence-corrected chi connectivity index (χ2v) is 3.34. The van der Waals surface area contributed by atoms with Crippen LogP contribution in [-0.4, -0.2) is 21.5 Å². The van der Waals surface area contributed by atoms with Crippen molar-refractivity contribution < 1.29 is 0 Å². The Bertz CT molecular complexity index is 259. The Hall–Kier alpha value is -0.490. The number of anilines is 1. The van der Waals surface area contributed by atoms with Crippen LogP contribution in [-0.2, 0) is 0 Å². The predicted molar refractivity (Wildman–Crippen MR) is 57.7 cm³/mol. The molecule has 1 aromatic heterocycles. The molecule has 0 aliphatic carbocycles. The lowest BCUT2D eigenvalue weighted by atomic mass is 10.3. The van der Waals surface area contributed by atoms with E-state index in [4.69, 9.17) is 0 Å². The summed E-state index contributed by atoms with van der Waals surface area (Å²) in [6, 6.07) is 0. The van der Waals surface area contributed by atoms with Crippen LogP contribution in [0.5, 0.6) is 0 Å². The molecule has 0 saturated carbocycles. The third kappa shape index (κ3) is 3.82. The van der Waals surface area contributed by atoms with E-state index in [2.05, 4.69) is 52.5 Å². The molecule has 72 valence electrons. The van der Waals surface area contributed by atoms with Gasteiger partial charge < -0.3 is 5.32 Å². The van der Waals surface area contributed by atoms with Crippen molar-refractivity contribution in [2.24, 2.45) is 0 Å². The van der Waals surface area contributed by atoms with Gasteiger partial charge in [-0.15, -0.1) is 25.3 Å². The molecule has 1 rings (SSSR count). The Morgan fingerprint density at radius 2 is 1.77 bits per heavy atom. The van der Waals surface area contributed by atoms with E-state index in [1.807, 2.05) is 0 Å². The lowest BCUT2D eigenvalue weighted by Crippen LogP contribution is -2.06. The number of nitrogens with zero attached hydrogens (tertiary/aromatic N) is 3. The Labute approximate surface area is 88.4 Å². The first-order valence-electron chi connectivity index (χ1n) is 4.10. The Balaban J connectivity index is 2.56. The van der Waals surface area contributed by atoms with Crippen LogP contribution in [0.25, 0.3) is 0 Å². The number of nitrogens with one attached hydrogen (secondary N) is 1. The number of aromatic nitrogens is 3. The van der Waals surface area contributed by atoms with Crippen molar-refractivity contribution in [2.45, 2.75) is 30.1 Å². The molecule has 1 heterocycles. The van der Waals surface area contributed by atoms with Gasteiger partial charge in [-0.2, -0.15) is 15.0 Å². The van der Waals surface area contributed by atoms with Crippen molar-refractivity contribution in [3.05, 3.63) is 0 Å². The minimum atomic E-state index is 0.388. The van der Waals surface area contributed by atoms with Gasteiger partial charge in [0.15, 0.2) is 10.3 Å². The summed E-state index contributed by atoms with van der Waals surface area (Å²) in [5.41, 5.74) is 0. The molecule has 1 N–H and O–H groups in total. The maximum Gasteiger partial charge on any atom is 0.227 e. The average Bonchev–Trinajstić information content (AvgIpc) is 2.03. The van der Waals surface area contributed by atoms with E-state index in [-0.39, 0.29) is 0 Å². The Morgan fingerprint density at radius 3 is 2.31 bits per heavy atom. The first-order valence-corrected chi connectivity index (χ1v) is 4.99. The molecule has 0 unspecified atom stereocenters. The molecule has 0 aliphatic rings. The van der Waals surface area contributed by atoms with E-state index in [1.54, 1.807) is 0 Å². The maximum absolute atomic E-state index is 4.02. The van der Waals surface area contributed by atoms with E-state index in [0.717, 1.165) is 19.4 Å². The number of unbranched alkanes of at least 4 members (excludes halogenated alkanes) is 1. The van der Waals surface area contributed by atoms with E-state index in [9.17, 15) is 0 Å². The molecule has 0 amide bonds.